The number of hydrogen-bond acceptors (Lipinski definition) is 2. The van der Waals surface area contributed by atoms with Gasteiger partial charge in [-0.1, -0.05) is 12.1 Å². The second-order valence-corrected chi connectivity index (χ2v) is 3.65. The fourth-order valence-corrected chi connectivity index (χ4v) is 1.49. The van der Waals surface area contributed by atoms with E-state index in [-0.39, 0.29) is 0 Å². The fraction of sp³-hybridized carbons (Fsp3) is 0. The number of para-hydroxylation sites is 1. The van der Waals surface area contributed by atoms with Gasteiger partial charge in [-0.3, -0.25) is 0 Å². The van der Waals surface area contributed by atoms with E-state index in [9.17, 15) is 0 Å². The van der Waals surface area contributed by atoms with Crippen molar-refractivity contribution in [2.45, 2.75) is 0 Å². The molecule has 0 unspecified atom stereocenters. The Labute approximate surface area is 89.7 Å². The molecule has 0 fully saturated rings. The van der Waals surface area contributed by atoms with Crippen LogP contribution >= 0.6 is 15.9 Å². The number of halogens is 1. The lowest BCUT2D eigenvalue weighted by Gasteiger charge is -2.01. The number of hydrogen-bond donors (Lipinski definition) is 0. The number of nitrogens with zero attached hydrogens (tertiary/aromatic N) is 3. The predicted molar refractivity (Wildman–Crippen MR) is 56.0 cm³/mol. The molecular formula is C10H6BrN3. The van der Waals surface area contributed by atoms with Gasteiger partial charge in [0.1, 0.15) is 6.07 Å². The first-order valence-corrected chi connectivity index (χ1v) is 4.80. The Balaban J connectivity index is 2.57. The van der Waals surface area contributed by atoms with E-state index in [4.69, 9.17) is 5.26 Å². The van der Waals surface area contributed by atoms with E-state index >= 15 is 0 Å². The van der Waals surface area contributed by atoms with E-state index in [1.165, 1.54) is 0 Å². The van der Waals surface area contributed by atoms with Gasteiger partial charge in [-0.05, 0) is 28.1 Å². The largest absolute Gasteiger partial charge is 0.238 e. The van der Waals surface area contributed by atoms with Crippen LogP contribution in [0.3, 0.4) is 0 Å². The highest BCUT2D eigenvalue weighted by Crippen LogP contribution is 2.15. The van der Waals surface area contributed by atoms with Crippen molar-refractivity contribution in [2.24, 2.45) is 0 Å². The highest BCUT2D eigenvalue weighted by Gasteiger charge is 2.03. The summed E-state index contributed by atoms with van der Waals surface area (Å²) in [4.78, 5) is 0. The standard InChI is InChI=1S/C10H6BrN3/c11-9-6-13-14(7-9)10-4-2-1-3-8(10)5-12/h1-4,6-7H. The minimum absolute atomic E-state index is 0.614. The van der Waals surface area contributed by atoms with Gasteiger partial charge >= 0.3 is 0 Å². The lowest BCUT2D eigenvalue weighted by atomic mass is 10.2. The quantitative estimate of drug-likeness (QED) is 0.777. The molecular weight excluding hydrogens is 242 g/mol. The van der Waals surface area contributed by atoms with Crippen LogP contribution in [0, 0.1) is 11.3 Å². The van der Waals surface area contributed by atoms with E-state index in [2.05, 4.69) is 27.1 Å². The second-order valence-electron chi connectivity index (χ2n) is 2.73. The molecule has 0 saturated heterocycles. The summed E-state index contributed by atoms with van der Waals surface area (Å²) in [5, 5.41) is 13.0. The maximum Gasteiger partial charge on any atom is 0.101 e. The van der Waals surface area contributed by atoms with Crippen molar-refractivity contribution < 1.29 is 0 Å². The Morgan fingerprint density at radius 1 is 1.36 bits per heavy atom. The van der Waals surface area contributed by atoms with E-state index in [0.717, 1.165) is 10.2 Å². The molecule has 0 bridgehead atoms. The normalized spacial score (nSPS) is 9.71. The zero-order valence-electron chi connectivity index (χ0n) is 7.18. The summed E-state index contributed by atoms with van der Waals surface area (Å²) >= 11 is 3.31. The molecule has 1 aromatic heterocycles. The van der Waals surface area contributed by atoms with Crippen LogP contribution in [0.15, 0.2) is 41.1 Å². The molecule has 4 heteroatoms. The molecule has 0 aliphatic heterocycles. The van der Waals surface area contributed by atoms with Crippen LogP contribution in [-0.4, -0.2) is 9.78 Å². The molecule has 0 aliphatic rings. The molecule has 2 rings (SSSR count). The van der Waals surface area contributed by atoms with Crippen LogP contribution < -0.4 is 0 Å². The van der Waals surface area contributed by atoms with Crippen molar-refractivity contribution in [1.29, 1.82) is 5.26 Å². The maximum atomic E-state index is 8.88. The van der Waals surface area contributed by atoms with Gasteiger partial charge in [0.2, 0.25) is 0 Å². The Hall–Kier alpha value is -1.60. The summed E-state index contributed by atoms with van der Waals surface area (Å²) in [6.07, 6.45) is 3.50. The first kappa shape index (κ1) is 8.97. The molecule has 2 aromatic rings. The van der Waals surface area contributed by atoms with Crippen LogP contribution in [0.25, 0.3) is 5.69 Å². The highest BCUT2D eigenvalue weighted by atomic mass is 79.9. The zero-order chi connectivity index (χ0) is 9.97. The Morgan fingerprint density at radius 2 is 2.14 bits per heavy atom. The summed E-state index contributed by atoms with van der Waals surface area (Å²) in [7, 11) is 0. The number of benzene rings is 1. The van der Waals surface area contributed by atoms with Crippen molar-refractivity contribution >= 4 is 15.9 Å². The highest BCUT2D eigenvalue weighted by molar-refractivity contribution is 9.10. The van der Waals surface area contributed by atoms with E-state index in [1.54, 1.807) is 16.9 Å². The third kappa shape index (κ3) is 1.54. The molecule has 0 radical (unpaired) electrons. The van der Waals surface area contributed by atoms with Crippen molar-refractivity contribution in [3.8, 4) is 11.8 Å². The van der Waals surface area contributed by atoms with Gasteiger partial charge in [-0.25, -0.2) is 4.68 Å². The van der Waals surface area contributed by atoms with E-state index < -0.39 is 0 Å². The Bertz CT molecular complexity index is 496. The summed E-state index contributed by atoms with van der Waals surface area (Å²) < 4.78 is 2.56. The fourth-order valence-electron chi connectivity index (χ4n) is 1.20. The smallest absolute Gasteiger partial charge is 0.101 e. The second kappa shape index (κ2) is 3.64. The first-order valence-electron chi connectivity index (χ1n) is 4.01. The summed E-state index contributed by atoms with van der Waals surface area (Å²) in [5.41, 5.74) is 1.41. The molecule has 0 saturated carbocycles. The van der Waals surface area contributed by atoms with Crippen LogP contribution in [0.5, 0.6) is 0 Å². The molecule has 3 nitrogen and oxygen atoms in total. The van der Waals surface area contributed by atoms with Crippen molar-refractivity contribution in [3.05, 3.63) is 46.7 Å². The Kier molecular flexibility index (Phi) is 2.33. The number of rotatable bonds is 1. The predicted octanol–water partition coefficient (Wildman–Crippen LogP) is 2.51. The molecule has 0 atom stereocenters. The molecule has 14 heavy (non-hydrogen) atoms. The third-order valence-corrected chi connectivity index (χ3v) is 2.23. The lowest BCUT2D eigenvalue weighted by molar-refractivity contribution is 0.877. The van der Waals surface area contributed by atoms with Gasteiger partial charge in [0.15, 0.2) is 0 Å². The topological polar surface area (TPSA) is 41.6 Å². The van der Waals surface area contributed by atoms with Crippen molar-refractivity contribution in [3.63, 3.8) is 0 Å². The van der Waals surface area contributed by atoms with Crippen LogP contribution in [0.2, 0.25) is 0 Å². The molecule has 0 N–H and O–H groups in total. The monoisotopic (exact) mass is 247 g/mol. The molecule has 0 aliphatic carbocycles. The summed E-state index contributed by atoms with van der Waals surface area (Å²) in [6, 6.07) is 9.47. The van der Waals surface area contributed by atoms with Crippen molar-refractivity contribution in [2.75, 3.05) is 0 Å². The Morgan fingerprint density at radius 3 is 2.79 bits per heavy atom. The van der Waals surface area contributed by atoms with Gasteiger partial charge < -0.3 is 0 Å². The number of aromatic nitrogens is 2. The van der Waals surface area contributed by atoms with E-state index in [0.29, 0.717) is 5.56 Å². The minimum Gasteiger partial charge on any atom is -0.238 e. The van der Waals surface area contributed by atoms with Gasteiger partial charge in [-0.15, -0.1) is 0 Å². The van der Waals surface area contributed by atoms with Crippen LogP contribution in [-0.2, 0) is 0 Å². The lowest BCUT2D eigenvalue weighted by Crippen LogP contribution is -1.96. The number of nitriles is 1. The van der Waals surface area contributed by atoms with Crippen molar-refractivity contribution in [1.82, 2.24) is 9.78 Å². The molecule has 0 amide bonds. The van der Waals surface area contributed by atoms with Crippen LogP contribution in [0.1, 0.15) is 5.56 Å². The maximum absolute atomic E-state index is 8.88. The minimum atomic E-state index is 0.614. The summed E-state index contributed by atoms with van der Waals surface area (Å²) in [6.45, 7) is 0. The third-order valence-electron chi connectivity index (χ3n) is 1.82. The zero-order valence-corrected chi connectivity index (χ0v) is 8.77. The first-order chi connectivity index (χ1) is 6.81. The van der Waals surface area contributed by atoms with E-state index in [1.807, 2.05) is 24.4 Å². The van der Waals surface area contributed by atoms with Gasteiger partial charge in [0.05, 0.1) is 21.9 Å². The molecule has 1 heterocycles. The molecule has 1 aromatic carbocycles. The van der Waals surface area contributed by atoms with Gasteiger partial charge in [0, 0.05) is 6.20 Å². The SMILES string of the molecule is N#Cc1ccccc1-n1cc(Br)cn1. The average molecular weight is 248 g/mol. The van der Waals surface area contributed by atoms with Gasteiger partial charge in [-0.2, -0.15) is 10.4 Å². The van der Waals surface area contributed by atoms with Crippen LogP contribution in [0.4, 0.5) is 0 Å². The molecule has 0 spiro atoms. The van der Waals surface area contributed by atoms with Gasteiger partial charge in [0.25, 0.3) is 0 Å². The molecule has 68 valence electrons. The summed E-state index contributed by atoms with van der Waals surface area (Å²) in [5.74, 6) is 0. The average Bonchev–Trinajstić information content (AvgIpc) is 2.65.